The van der Waals surface area contributed by atoms with Gasteiger partial charge in [-0.2, -0.15) is 0 Å². The number of hydrogen-bond donors (Lipinski definition) is 1. The normalized spacial score (nSPS) is 10.5. The zero-order valence-corrected chi connectivity index (χ0v) is 16.4. The Kier molecular flexibility index (Phi) is 6.08. The summed E-state index contributed by atoms with van der Waals surface area (Å²) in [6.07, 6.45) is 0.294. The second-order valence-electron chi connectivity index (χ2n) is 6.02. The molecule has 0 aliphatic rings. The number of carbonyl (C=O) groups excluding carboxylic acids is 1. The number of amides is 1. The van der Waals surface area contributed by atoms with Crippen LogP contribution in [0.3, 0.4) is 0 Å². The first-order valence-electron chi connectivity index (χ1n) is 8.71. The van der Waals surface area contributed by atoms with Crippen molar-refractivity contribution in [3.05, 3.63) is 59.0 Å². The number of nitrogens with zero attached hydrogens (tertiary/aromatic N) is 1. The fraction of sp³-hybridized carbons (Fsp3) is 0.238. The second kappa shape index (κ2) is 8.68. The number of ether oxygens (including phenoxy) is 2. The predicted octanol–water partition coefficient (Wildman–Crippen LogP) is 4.71. The summed E-state index contributed by atoms with van der Waals surface area (Å²) >= 11 is 1.41. The van der Waals surface area contributed by atoms with Gasteiger partial charge < -0.3 is 14.8 Å². The van der Waals surface area contributed by atoms with Crippen LogP contribution in [0.25, 0.3) is 11.3 Å². The lowest BCUT2D eigenvalue weighted by Crippen LogP contribution is -2.14. The minimum atomic E-state index is -0.0906. The van der Waals surface area contributed by atoms with Crippen molar-refractivity contribution in [1.29, 1.82) is 0 Å². The maximum absolute atomic E-state index is 12.3. The Labute approximate surface area is 163 Å². The van der Waals surface area contributed by atoms with Crippen molar-refractivity contribution in [1.82, 2.24) is 4.98 Å². The van der Waals surface area contributed by atoms with Crippen molar-refractivity contribution < 1.29 is 14.3 Å². The molecule has 5 nitrogen and oxygen atoms in total. The van der Waals surface area contributed by atoms with Crippen molar-refractivity contribution in [2.75, 3.05) is 19.0 Å². The summed E-state index contributed by atoms with van der Waals surface area (Å²) in [5.74, 6) is 1.56. The zero-order chi connectivity index (χ0) is 19.2. The highest BCUT2D eigenvalue weighted by atomic mass is 32.1. The van der Waals surface area contributed by atoms with Gasteiger partial charge in [-0.3, -0.25) is 4.79 Å². The topological polar surface area (TPSA) is 60.5 Å². The summed E-state index contributed by atoms with van der Waals surface area (Å²) in [6.45, 7) is 4.56. The maximum Gasteiger partial charge on any atom is 0.230 e. The molecule has 0 saturated carbocycles. The fourth-order valence-electron chi connectivity index (χ4n) is 2.75. The first-order valence-corrected chi connectivity index (χ1v) is 9.59. The van der Waals surface area contributed by atoms with E-state index in [4.69, 9.17) is 9.47 Å². The molecule has 140 valence electrons. The number of carbonyl (C=O) groups is 1. The van der Waals surface area contributed by atoms with Crippen LogP contribution in [0.4, 0.5) is 5.13 Å². The minimum absolute atomic E-state index is 0.0906. The standard InChI is InChI=1S/C21H22N2O3S/c1-4-26-17-8-6-16(7-9-17)18-13-27-21(22-18)23-20(24)12-15-5-10-19(25-3)14(2)11-15/h5-11,13H,4,12H2,1-3H3,(H,22,23,24). The van der Waals surface area contributed by atoms with Crippen LogP contribution in [0.5, 0.6) is 11.5 Å². The van der Waals surface area contributed by atoms with Gasteiger partial charge in [0.15, 0.2) is 5.13 Å². The molecule has 0 atom stereocenters. The Balaban J connectivity index is 1.63. The van der Waals surface area contributed by atoms with Crippen LogP contribution in [0, 0.1) is 6.92 Å². The zero-order valence-electron chi connectivity index (χ0n) is 15.6. The Morgan fingerprint density at radius 2 is 1.96 bits per heavy atom. The average molecular weight is 382 g/mol. The molecule has 1 N–H and O–H groups in total. The van der Waals surface area contributed by atoms with E-state index in [1.165, 1.54) is 11.3 Å². The number of benzene rings is 2. The summed E-state index contributed by atoms with van der Waals surface area (Å²) in [7, 11) is 1.64. The molecule has 1 aromatic heterocycles. The van der Waals surface area contributed by atoms with Gasteiger partial charge in [0.25, 0.3) is 0 Å². The van der Waals surface area contributed by atoms with E-state index in [2.05, 4.69) is 10.3 Å². The van der Waals surface area contributed by atoms with Gasteiger partial charge in [-0.25, -0.2) is 4.98 Å². The highest BCUT2D eigenvalue weighted by Gasteiger charge is 2.10. The monoisotopic (exact) mass is 382 g/mol. The van der Waals surface area contributed by atoms with Crippen LogP contribution in [-0.2, 0) is 11.2 Å². The third-order valence-electron chi connectivity index (χ3n) is 4.04. The Morgan fingerprint density at radius 1 is 1.19 bits per heavy atom. The maximum atomic E-state index is 12.3. The van der Waals surface area contributed by atoms with E-state index in [9.17, 15) is 4.79 Å². The number of aryl methyl sites for hydroxylation is 1. The van der Waals surface area contributed by atoms with Crippen molar-refractivity contribution in [2.24, 2.45) is 0 Å². The van der Waals surface area contributed by atoms with E-state index in [0.717, 1.165) is 33.9 Å². The third kappa shape index (κ3) is 4.86. The first-order chi connectivity index (χ1) is 13.1. The van der Waals surface area contributed by atoms with E-state index >= 15 is 0 Å². The molecule has 3 rings (SSSR count). The smallest absolute Gasteiger partial charge is 0.230 e. The third-order valence-corrected chi connectivity index (χ3v) is 4.79. The number of rotatable bonds is 7. The lowest BCUT2D eigenvalue weighted by molar-refractivity contribution is -0.115. The van der Waals surface area contributed by atoms with Crippen molar-refractivity contribution in [3.63, 3.8) is 0 Å². The molecule has 0 saturated heterocycles. The van der Waals surface area contributed by atoms with Crippen molar-refractivity contribution in [3.8, 4) is 22.8 Å². The van der Waals surface area contributed by atoms with Crippen LogP contribution in [0.2, 0.25) is 0 Å². The predicted molar refractivity (Wildman–Crippen MR) is 109 cm³/mol. The van der Waals surface area contributed by atoms with E-state index in [1.54, 1.807) is 7.11 Å². The lowest BCUT2D eigenvalue weighted by atomic mass is 10.1. The summed E-state index contributed by atoms with van der Waals surface area (Å²) in [5.41, 5.74) is 3.77. The van der Waals surface area contributed by atoms with Gasteiger partial charge in [-0.05, 0) is 55.3 Å². The molecule has 0 radical (unpaired) electrons. The number of hydrogen-bond acceptors (Lipinski definition) is 5. The second-order valence-corrected chi connectivity index (χ2v) is 6.88. The molecule has 1 amide bonds. The molecular weight excluding hydrogens is 360 g/mol. The van der Waals surface area contributed by atoms with E-state index in [-0.39, 0.29) is 5.91 Å². The highest BCUT2D eigenvalue weighted by Crippen LogP contribution is 2.27. The van der Waals surface area contributed by atoms with E-state index < -0.39 is 0 Å². The quantitative estimate of drug-likeness (QED) is 0.643. The molecule has 0 fully saturated rings. The molecule has 6 heteroatoms. The molecule has 0 spiro atoms. The van der Waals surface area contributed by atoms with Gasteiger partial charge in [0.1, 0.15) is 11.5 Å². The Morgan fingerprint density at radius 3 is 2.63 bits per heavy atom. The van der Waals surface area contributed by atoms with E-state index in [0.29, 0.717) is 18.2 Å². The van der Waals surface area contributed by atoms with E-state index in [1.807, 2.05) is 61.7 Å². The molecule has 3 aromatic rings. The number of methoxy groups -OCH3 is 1. The summed E-state index contributed by atoms with van der Waals surface area (Å²) < 4.78 is 10.7. The van der Waals surface area contributed by atoms with Gasteiger partial charge in [0.2, 0.25) is 5.91 Å². The summed E-state index contributed by atoms with van der Waals surface area (Å²) in [5, 5.41) is 5.40. The molecule has 0 unspecified atom stereocenters. The Bertz CT molecular complexity index is 919. The molecule has 27 heavy (non-hydrogen) atoms. The number of thiazole rings is 1. The highest BCUT2D eigenvalue weighted by molar-refractivity contribution is 7.14. The molecule has 0 bridgehead atoms. The van der Waals surface area contributed by atoms with Gasteiger partial charge in [-0.1, -0.05) is 12.1 Å². The Hall–Kier alpha value is -2.86. The number of aromatic nitrogens is 1. The average Bonchev–Trinajstić information content (AvgIpc) is 3.11. The fourth-order valence-corrected chi connectivity index (χ4v) is 3.49. The molecule has 2 aromatic carbocycles. The number of anilines is 1. The molecule has 1 heterocycles. The van der Waals surface area contributed by atoms with Gasteiger partial charge in [0, 0.05) is 10.9 Å². The van der Waals surface area contributed by atoms with Crippen LogP contribution in [0.1, 0.15) is 18.1 Å². The van der Waals surface area contributed by atoms with Crippen LogP contribution >= 0.6 is 11.3 Å². The molecular formula is C21H22N2O3S. The van der Waals surface area contributed by atoms with Gasteiger partial charge >= 0.3 is 0 Å². The lowest BCUT2D eigenvalue weighted by Gasteiger charge is -2.07. The largest absolute Gasteiger partial charge is 0.496 e. The summed E-state index contributed by atoms with van der Waals surface area (Å²) in [6, 6.07) is 13.5. The van der Waals surface area contributed by atoms with Crippen LogP contribution < -0.4 is 14.8 Å². The van der Waals surface area contributed by atoms with Gasteiger partial charge in [-0.15, -0.1) is 11.3 Å². The molecule has 0 aliphatic heterocycles. The van der Waals surface area contributed by atoms with Crippen molar-refractivity contribution in [2.45, 2.75) is 20.3 Å². The van der Waals surface area contributed by atoms with Crippen LogP contribution in [0.15, 0.2) is 47.8 Å². The first kappa shape index (κ1) is 18.9. The van der Waals surface area contributed by atoms with Crippen LogP contribution in [-0.4, -0.2) is 24.6 Å². The summed E-state index contributed by atoms with van der Waals surface area (Å²) in [4.78, 5) is 16.8. The SMILES string of the molecule is CCOc1ccc(-c2csc(NC(=O)Cc3ccc(OC)c(C)c3)n2)cc1. The molecule has 0 aliphatic carbocycles. The minimum Gasteiger partial charge on any atom is -0.496 e. The van der Waals surface area contributed by atoms with Gasteiger partial charge in [0.05, 0.1) is 25.8 Å². The van der Waals surface area contributed by atoms with Crippen molar-refractivity contribution >= 4 is 22.4 Å². The number of nitrogens with one attached hydrogen (secondary N) is 1.